The summed E-state index contributed by atoms with van der Waals surface area (Å²) in [5.41, 5.74) is 0.838. The van der Waals surface area contributed by atoms with E-state index in [-0.39, 0.29) is 18.5 Å². The summed E-state index contributed by atoms with van der Waals surface area (Å²) in [7, 11) is -0.439. The molecule has 1 aromatic carbocycles. The molecule has 112 valence electrons. The topological polar surface area (TPSA) is 75.7 Å². The summed E-state index contributed by atoms with van der Waals surface area (Å²) in [4.78, 5) is 11.8. The molecule has 1 amide bonds. The van der Waals surface area contributed by atoms with E-state index in [9.17, 15) is 13.2 Å². The molecule has 0 unspecified atom stereocenters. The molecule has 1 aromatic rings. The molecular weight excluding hydrogens is 280 g/mol. The predicted octanol–water partition coefficient (Wildman–Crippen LogP) is 0.764. The van der Waals surface area contributed by atoms with Crippen LogP contribution >= 0.6 is 0 Å². The number of carbonyl (C=O) groups is 1. The highest BCUT2D eigenvalue weighted by Crippen LogP contribution is 2.24. The van der Waals surface area contributed by atoms with E-state index < -0.39 is 10.0 Å². The summed E-state index contributed by atoms with van der Waals surface area (Å²) >= 11 is 0. The van der Waals surface area contributed by atoms with Gasteiger partial charge in [0.25, 0.3) is 0 Å². The van der Waals surface area contributed by atoms with Crippen LogP contribution in [-0.2, 0) is 14.8 Å². The molecule has 0 saturated carbocycles. The molecule has 1 N–H and O–H groups in total. The monoisotopic (exact) mass is 300 g/mol. The fourth-order valence-corrected chi connectivity index (χ4v) is 2.06. The summed E-state index contributed by atoms with van der Waals surface area (Å²) in [6, 6.07) is 7.08. The van der Waals surface area contributed by atoms with Crippen LogP contribution in [0.3, 0.4) is 0 Å². The van der Waals surface area contributed by atoms with Crippen LogP contribution in [-0.4, -0.2) is 45.6 Å². The maximum atomic E-state index is 11.8. The van der Waals surface area contributed by atoms with Gasteiger partial charge < -0.3 is 10.1 Å². The average Bonchev–Trinajstić information content (AvgIpc) is 2.37. The Balaban J connectivity index is 2.71. The maximum absolute atomic E-state index is 11.8. The van der Waals surface area contributed by atoms with Crippen molar-refractivity contribution < 1.29 is 17.9 Å². The van der Waals surface area contributed by atoms with Crippen LogP contribution in [0.15, 0.2) is 24.3 Å². The van der Waals surface area contributed by atoms with E-state index in [1.807, 2.05) is 25.1 Å². The van der Waals surface area contributed by atoms with Crippen LogP contribution in [0.25, 0.3) is 0 Å². The lowest BCUT2D eigenvalue weighted by Gasteiger charge is -2.19. The number of hydrogen-bond acceptors (Lipinski definition) is 4. The molecule has 0 fully saturated rings. The van der Waals surface area contributed by atoms with Crippen LogP contribution in [0.5, 0.6) is 5.75 Å². The van der Waals surface area contributed by atoms with Crippen LogP contribution in [0.2, 0.25) is 0 Å². The number of carbonyl (C=O) groups excluding carboxylic acids is 1. The SMILES string of the molecule is COc1ccccc1[C@H](C)NC(=O)CN(C)S(C)(=O)=O. The van der Waals surface area contributed by atoms with Crippen molar-refractivity contribution in [2.75, 3.05) is 27.0 Å². The van der Waals surface area contributed by atoms with E-state index in [1.165, 1.54) is 7.05 Å². The molecule has 1 atom stereocenters. The number of benzene rings is 1. The Morgan fingerprint density at radius 1 is 1.40 bits per heavy atom. The fraction of sp³-hybridized carbons (Fsp3) is 0.462. The summed E-state index contributed by atoms with van der Waals surface area (Å²) in [5, 5.41) is 2.75. The second kappa shape index (κ2) is 6.71. The minimum Gasteiger partial charge on any atom is -0.496 e. The Hall–Kier alpha value is -1.60. The molecule has 0 bridgehead atoms. The predicted molar refractivity (Wildman–Crippen MR) is 77.0 cm³/mol. The Morgan fingerprint density at radius 3 is 2.55 bits per heavy atom. The van der Waals surface area contributed by atoms with Gasteiger partial charge in [0.2, 0.25) is 15.9 Å². The van der Waals surface area contributed by atoms with Crippen LogP contribution in [0.1, 0.15) is 18.5 Å². The first kappa shape index (κ1) is 16.5. The lowest BCUT2D eigenvalue weighted by atomic mass is 10.1. The van der Waals surface area contributed by atoms with Gasteiger partial charge in [-0.3, -0.25) is 4.79 Å². The minimum atomic E-state index is -3.36. The summed E-state index contributed by atoms with van der Waals surface area (Å²) < 4.78 is 28.7. The molecular formula is C13H20N2O4S. The summed E-state index contributed by atoms with van der Waals surface area (Å²) in [6.45, 7) is 1.61. The second-order valence-corrected chi connectivity index (χ2v) is 6.64. The van der Waals surface area contributed by atoms with E-state index in [0.29, 0.717) is 5.75 Å². The Labute approximate surface area is 119 Å². The third kappa shape index (κ3) is 4.50. The number of nitrogens with zero attached hydrogens (tertiary/aromatic N) is 1. The first-order valence-corrected chi connectivity index (χ1v) is 7.94. The summed E-state index contributed by atoms with van der Waals surface area (Å²) in [5.74, 6) is 0.313. The van der Waals surface area contributed by atoms with E-state index in [1.54, 1.807) is 13.2 Å². The van der Waals surface area contributed by atoms with Crippen molar-refractivity contribution in [2.45, 2.75) is 13.0 Å². The maximum Gasteiger partial charge on any atom is 0.235 e. The van der Waals surface area contributed by atoms with Gasteiger partial charge in [0.1, 0.15) is 5.75 Å². The van der Waals surface area contributed by atoms with Crippen LogP contribution < -0.4 is 10.1 Å². The van der Waals surface area contributed by atoms with Crippen molar-refractivity contribution in [3.8, 4) is 5.75 Å². The lowest BCUT2D eigenvalue weighted by Crippen LogP contribution is -2.38. The molecule has 1 rings (SSSR count). The van der Waals surface area contributed by atoms with E-state index in [0.717, 1.165) is 16.1 Å². The molecule has 0 aromatic heterocycles. The number of amides is 1. The van der Waals surface area contributed by atoms with E-state index >= 15 is 0 Å². The number of methoxy groups -OCH3 is 1. The van der Waals surface area contributed by atoms with Gasteiger partial charge in [-0.2, -0.15) is 4.31 Å². The van der Waals surface area contributed by atoms with Gasteiger partial charge in [-0.05, 0) is 13.0 Å². The molecule has 0 aliphatic carbocycles. The van der Waals surface area contributed by atoms with Crippen molar-refractivity contribution in [3.05, 3.63) is 29.8 Å². The molecule has 0 aliphatic heterocycles. The Morgan fingerprint density at radius 2 is 2.00 bits per heavy atom. The zero-order valence-electron chi connectivity index (χ0n) is 12.1. The van der Waals surface area contributed by atoms with Crippen molar-refractivity contribution in [1.82, 2.24) is 9.62 Å². The first-order valence-electron chi connectivity index (χ1n) is 6.09. The third-order valence-corrected chi connectivity index (χ3v) is 4.18. The van der Waals surface area contributed by atoms with E-state index in [2.05, 4.69) is 5.32 Å². The first-order chi connectivity index (χ1) is 9.25. The highest BCUT2D eigenvalue weighted by atomic mass is 32.2. The number of para-hydroxylation sites is 1. The number of likely N-dealkylation sites (N-methyl/N-ethyl adjacent to an activating group) is 1. The Kier molecular flexibility index (Phi) is 5.52. The van der Waals surface area contributed by atoms with Crippen molar-refractivity contribution >= 4 is 15.9 Å². The number of hydrogen-bond donors (Lipinski definition) is 1. The van der Waals surface area contributed by atoms with Crippen LogP contribution in [0.4, 0.5) is 0 Å². The van der Waals surface area contributed by atoms with Gasteiger partial charge in [-0.25, -0.2) is 8.42 Å². The average molecular weight is 300 g/mol. The molecule has 20 heavy (non-hydrogen) atoms. The van der Waals surface area contributed by atoms with Crippen molar-refractivity contribution in [3.63, 3.8) is 0 Å². The smallest absolute Gasteiger partial charge is 0.235 e. The minimum absolute atomic E-state index is 0.210. The molecule has 0 radical (unpaired) electrons. The number of sulfonamides is 1. The van der Waals surface area contributed by atoms with Crippen molar-refractivity contribution in [2.24, 2.45) is 0 Å². The standard InChI is InChI=1S/C13H20N2O4S/c1-10(11-7-5-6-8-12(11)19-3)14-13(16)9-15(2)20(4,17)18/h5-8,10H,9H2,1-4H3,(H,14,16)/t10-/m0/s1. The normalized spacial score (nSPS) is 13.1. The zero-order chi connectivity index (χ0) is 15.3. The second-order valence-electron chi connectivity index (χ2n) is 4.55. The summed E-state index contributed by atoms with van der Waals surface area (Å²) in [6.07, 6.45) is 1.06. The van der Waals surface area contributed by atoms with Gasteiger partial charge in [0.05, 0.1) is 26.0 Å². The molecule has 0 heterocycles. The lowest BCUT2D eigenvalue weighted by molar-refractivity contribution is -0.121. The number of rotatable bonds is 6. The van der Waals surface area contributed by atoms with Gasteiger partial charge in [-0.1, -0.05) is 18.2 Å². The molecule has 0 spiro atoms. The van der Waals surface area contributed by atoms with Gasteiger partial charge in [-0.15, -0.1) is 0 Å². The van der Waals surface area contributed by atoms with Gasteiger partial charge >= 0.3 is 0 Å². The molecule has 7 heteroatoms. The molecule has 0 aliphatic rings. The molecule has 6 nitrogen and oxygen atoms in total. The quantitative estimate of drug-likeness (QED) is 0.842. The number of nitrogens with one attached hydrogen (secondary N) is 1. The zero-order valence-corrected chi connectivity index (χ0v) is 12.9. The largest absolute Gasteiger partial charge is 0.496 e. The fourth-order valence-electron chi connectivity index (χ4n) is 1.71. The van der Waals surface area contributed by atoms with E-state index in [4.69, 9.17) is 4.74 Å². The molecule has 0 saturated heterocycles. The highest BCUT2D eigenvalue weighted by Gasteiger charge is 2.18. The highest BCUT2D eigenvalue weighted by molar-refractivity contribution is 7.88. The third-order valence-electron chi connectivity index (χ3n) is 2.92. The Bertz CT molecular complexity index is 571. The van der Waals surface area contributed by atoms with Crippen LogP contribution in [0, 0.1) is 0 Å². The van der Waals surface area contributed by atoms with Gasteiger partial charge in [0, 0.05) is 12.6 Å². The van der Waals surface area contributed by atoms with Gasteiger partial charge in [0.15, 0.2) is 0 Å². The number of ether oxygens (including phenoxy) is 1. The van der Waals surface area contributed by atoms with Crippen molar-refractivity contribution in [1.29, 1.82) is 0 Å².